The molecule has 1 aliphatic heterocycles. The molecule has 1 aliphatic rings. The Hall–Kier alpha value is -3.98. The molecule has 2 aromatic carbocycles. The maximum Gasteiger partial charge on any atom is 0.341 e. The van der Waals surface area contributed by atoms with Crippen LogP contribution in [0, 0.1) is 0 Å². The van der Waals surface area contributed by atoms with Crippen molar-refractivity contribution in [2.24, 2.45) is 0 Å². The van der Waals surface area contributed by atoms with Crippen LogP contribution in [-0.4, -0.2) is 42.3 Å². The van der Waals surface area contributed by atoms with Crippen molar-refractivity contribution >= 4 is 40.0 Å². The highest BCUT2D eigenvalue weighted by Crippen LogP contribution is 2.33. The van der Waals surface area contributed by atoms with Gasteiger partial charge in [0, 0.05) is 4.88 Å². The molecule has 4 rings (SSSR count). The number of carbonyl (C=O) groups excluding carboxylic acids is 4. The summed E-state index contributed by atoms with van der Waals surface area (Å²) < 4.78 is 10.4. The van der Waals surface area contributed by atoms with Crippen LogP contribution < -0.4 is 10.1 Å². The normalized spacial score (nSPS) is 12.5. The van der Waals surface area contributed by atoms with Crippen LogP contribution in [0.3, 0.4) is 0 Å². The van der Waals surface area contributed by atoms with Crippen molar-refractivity contribution in [2.45, 2.75) is 13.5 Å². The van der Waals surface area contributed by atoms with E-state index in [1.807, 2.05) is 0 Å². The van der Waals surface area contributed by atoms with Gasteiger partial charge >= 0.3 is 5.97 Å². The Balaban J connectivity index is 1.63. The van der Waals surface area contributed by atoms with Gasteiger partial charge in [0.1, 0.15) is 10.8 Å². The summed E-state index contributed by atoms with van der Waals surface area (Å²) in [4.78, 5) is 52.5. The van der Waals surface area contributed by atoms with E-state index in [0.29, 0.717) is 27.3 Å². The molecular formula is C24H20N2O6S. The number of esters is 1. The lowest BCUT2D eigenvalue weighted by atomic mass is 10.1. The Morgan fingerprint density at radius 1 is 0.970 bits per heavy atom. The minimum Gasteiger partial charge on any atom is -0.496 e. The molecule has 2 heterocycles. The molecule has 0 aliphatic carbocycles. The molecule has 9 heteroatoms. The van der Waals surface area contributed by atoms with E-state index < -0.39 is 23.7 Å². The number of para-hydroxylation sites is 1. The van der Waals surface area contributed by atoms with Crippen LogP contribution in [0.25, 0.3) is 0 Å². The second-order valence-corrected chi connectivity index (χ2v) is 8.21. The van der Waals surface area contributed by atoms with Crippen molar-refractivity contribution in [3.8, 4) is 5.75 Å². The summed E-state index contributed by atoms with van der Waals surface area (Å²) in [5.74, 6) is -1.50. The van der Waals surface area contributed by atoms with Gasteiger partial charge in [0.05, 0.1) is 42.5 Å². The van der Waals surface area contributed by atoms with Crippen LogP contribution >= 0.6 is 11.3 Å². The van der Waals surface area contributed by atoms with Gasteiger partial charge in [-0.3, -0.25) is 19.3 Å². The molecule has 3 aromatic rings. The maximum atomic E-state index is 12.9. The maximum absolute atomic E-state index is 12.9. The number of imide groups is 1. The lowest BCUT2D eigenvalue weighted by Crippen LogP contribution is -2.28. The number of methoxy groups -OCH3 is 1. The number of nitrogens with zero attached hydrogens (tertiary/aromatic N) is 1. The van der Waals surface area contributed by atoms with Crippen molar-refractivity contribution < 1.29 is 28.7 Å². The van der Waals surface area contributed by atoms with E-state index in [2.05, 4.69) is 5.32 Å². The third-order valence-corrected chi connectivity index (χ3v) is 6.08. The number of nitrogens with one attached hydrogen (secondary N) is 1. The molecule has 33 heavy (non-hydrogen) atoms. The number of ether oxygens (including phenoxy) is 2. The zero-order valence-electron chi connectivity index (χ0n) is 17.9. The van der Waals surface area contributed by atoms with Gasteiger partial charge < -0.3 is 14.8 Å². The van der Waals surface area contributed by atoms with Gasteiger partial charge in [0.15, 0.2) is 0 Å². The molecule has 3 amide bonds. The first-order valence-electron chi connectivity index (χ1n) is 10.1. The number of fused-ring (bicyclic) bond motifs is 1. The summed E-state index contributed by atoms with van der Waals surface area (Å²) in [7, 11) is 1.46. The zero-order chi connectivity index (χ0) is 23.5. The average molecular weight is 464 g/mol. The first-order valence-corrected chi connectivity index (χ1v) is 11.0. The highest BCUT2D eigenvalue weighted by atomic mass is 32.1. The third-order valence-electron chi connectivity index (χ3n) is 5.05. The zero-order valence-corrected chi connectivity index (χ0v) is 18.7. The SMILES string of the molecule is CCOC(=O)c1cc(CN2C(=O)c3ccccc3C2=O)sc1NC(=O)c1ccccc1OC. The Bertz CT molecular complexity index is 1230. The van der Waals surface area contributed by atoms with Crippen LogP contribution in [0.1, 0.15) is 53.2 Å². The van der Waals surface area contributed by atoms with E-state index in [1.165, 1.54) is 13.2 Å². The molecule has 0 fully saturated rings. The monoisotopic (exact) mass is 464 g/mol. The van der Waals surface area contributed by atoms with E-state index in [9.17, 15) is 19.2 Å². The highest BCUT2D eigenvalue weighted by Gasteiger charge is 2.35. The number of thiophene rings is 1. The highest BCUT2D eigenvalue weighted by molar-refractivity contribution is 7.16. The second kappa shape index (κ2) is 9.25. The largest absolute Gasteiger partial charge is 0.496 e. The number of rotatable bonds is 7. The summed E-state index contributed by atoms with van der Waals surface area (Å²) in [5, 5.41) is 3.00. The van der Waals surface area contributed by atoms with Gasteiger partial charge in [-0.2, -0.15) is 0 Å². The predicted octanol–water partition coefficient (Wildman–Crippen LogP) is 3.98. The lowest BCUT2D eigenvalue weighted by molar-refractivity contribution is 0.0527. The van der Waals surface area contributed by atoms with Crippen molar-refractivity contribution in [1.82, 2.24) is 4.90 Å². The van der Waals surface area contributed by atoms with E-state index >= 15 is 0 Å². The van der Waals surface area contributed by atoms with Crippen molar-refractivity contribution in [2.75, 3.05) is 19.0 Å². The van der Waals surface area contributed by atoms with Crippen LogP contribution in [0.4, 0.5) is 5.00 Å². The van der Waals surface area contributed by atoms with E-state index in [4.69, 9.17) is 9.47 Å². The Kier molecular flexibility index (Phi) is 6.23. The van der Waals surface area contributed by atoms with Crippen molar-refractivity contribution in [3.05, 3.63) is 81.7 Å². The molecular weight excluding hydrogens is 444 g/mol. The standard InChI is InChI=1S/C24H20N2O6S/c1-3-32-24(30)18-12-14(13-26-22(28)15-8-4-5-9-16(15)23(26)29)33-21(18)25-20(27)17-10-6-7-11-19(17)31-2/h4-12H,3,13H2,1-2H3,(H,25,27). The van der Waals surface area contributed by atoms with Crippen molar-refractivity contribution in [3.63, 3.8) is 0 Å². The molecule has 1 aromatic heterocycles. The summed E-state index contributed by atoms with van der Waals surface area (Å²) in [5.41, 5.74) is 1.13. The van der Waals surface area contributed by atoms with Gasteiger partial charge in [-0.1, -0.05) is 24.3 Å². The fourth-order valence-electron chi connectivity index (χ4n) is 3.51. The van der Waals surface area contributed by atoms with Crippen LogP contribution in [0.5, 0.6) is 5.75 Å². The first-order chi connectivity index (χ1) is 15.9. The van der Waals surface area contributed by atoms with Gasteiger partial charge in [0.2, 0.25) is 0 Å². The number of benzene rings is 2. The van der Waals surface area contributed by atoms with E-state index in [0.717, 1.165) is 16.2 Å². The smallest absolute Gasteiger partial charge is 0.341 e. The molecule has 0 atom stereocenters. The molecule has 168 valence electrons. The minimum absolute atomic E-state index is 0.0338. The number of hydrogen-bond acceptors (Lipinski definition) is 7. The van der Waals surface area contributed by atoms with Gasteiger partial charge in [0.25, 0.3) is 17.7 Å². The Morgan fingerprint density at radius 2 is 1.61 bits per heavy atom. The summed E-state index contributed by atoms with van der Waals surface area (Å²) in [6, 6.07) is 14.8. The average Bonchev–Trinajstić information content (AvgIpc) is 3.33. The Labute approximate surface area is 193 Å². The van der Waals surface area contributed by atoms with Crippen LogP contribution in [0.15, 0.2) is 54.6 Å². The molecule has 1 N–H and O–H groups in total. The number of amides is 3. The summed E-state index contributed by atoms with van der Waals surface area (Å²) in [6.45, 7) is 1.80. The number of anilines is 1. The van der Waals surface area contributed by atoms with Gasteiger partial charge in [-0.05, 0) is 37.3 Å². The fraction of sp³-hybridized carbons (Fsp3) is 0.167. The molecule has 0 saturated carbocycles. The molecule has 0 radical (unpaired) electrons. The third kappa shape index (κ3) is 4.22. The topological polar surface area (TPSA) is 102 Å². The molecule has 8 nitrogen and oxygen atoms in total. The first kappa shape index (κ1) is 22.2. The summed E-state index contributed by atoms with van der Waals surface area (Å²) >= 11 is 1.10. The molecule has 0 saturated heterocycles. The fourth-order valence-corrected chi connectivity index (χ4v) is 4.54. The van der Waals surface area contributed by atoms with E-state index in [1.54, 1.807) is 55.5 Å². The van der Waals surface area contributed by atoms with Crippen LogP contribution in [0.2, 0.25) is 0 Å². The van der Waals surface area contributed by atoms with Gasteiger partial charge in [-0.25, -0.2) is 4.79 Å². The van der Waals surface area contributed by atoms with Crippen molar-refractivity contribution in [1.29, 1.82) is 0 Å². The molecule has 0 bridgehead atoms. The van der Waals surface area contributed by atoms with Crippen LogP contribution in [-0.2, 0) is 11.3 Å². The minimum atomic E-state index is -0.613. The lowest BCUT2D eigenvalue weighted by Gasteiger charge is -2.12. The summed E-state index contributed by atoms with van der Waals surface area (Å²) in [6.07, 6.45) is 0. The predicted molar refractivity (Wildman–Crippen MR) is 122 cm³/mol. The van der Waals surface area contributed by atoms with E-state index in [-0.39, 0.29) is 23.7 Å². The molecule has 0 spiro atoms. The van der Waals surface area contributed by atoms with Gasteiger partial charge in [-0.15, -0.1) is 11.3 Å². The molecule has 0 unspecified atom stereocenters. The number of carbonyl (C=O) groups is 4. The quantitative estimate of drug-likeness (QED) is 0.419. The Morgan fingerprint density at radius 3 is 2.24 bits per heavy atom. The number of hydrogen-bond donors (Lipinski definition) is 1. The second-order valence-electron chi connectivity index (χ2n) is 7.07.